The summed E-state index contributed by atoms with van der Waals surface area (Å²) >= 11 is -0.0703. The van der Waals surface area contributed by atoms with Gasteiger partial charge in [0.2, 0.25) is 0 Å². The number of benzene rings is 2. The van der Waals surface area contributed by atoms with Gasteiger partial charge in [0, 0.05) is 5.92 Å². The fourth-order valence-corrected chi connectivity index (χ4v) is 11.2. The van der Waals surface area contributed by atoms with E-state index in [1.54, 1.807) is 0 Å². The van der Waals surface area contributed by atoms with Crippen LogP contribution in [0.1, 0.15) is 84.8 Å². The zero-order valence-corrected chi connectivity index (χ0v) is 28.7. The van der Waals surface area contributed by atoms with Gasteiger partial charge in [0.05, 0.1) is 0 Å². The zero-order valence-electron chi connectivity index (χ0n) is 25.7. The lowest BCUT2D eigenvalue weighted by Crippen LogP contribution is -3.61. The monoisotopic (exact) mass is 734 g/mol. The van der Waals surface area contributed by atoms with Crippen LogP contribution >= 0.6 is 0 Å². The summed E-state index contributed by atoms with van der Waals surface area (Å²) in [5, 5.41) is -5.53. The molecule has 6 rings (SSSR count). The van der Waals surface area contributed by atoms with Crippen molar-refractivity contribution in [3.63, 3.8) is 0 Å². The smallest absolute Gasteiger partial charge is 0.396 e. The molecule has 0 N–H and O–H groups in total. The number of hydrogen-bond donors (Lipinski definition) is 0. The van der Waals surface area contributed by atoms with Crippen molar-refractivity contribution in [2.75, 3.05) is 0 Å². The van der Waals surface area contributed by atoms with E-state index in [0.717, 1.165) is 19.3 Å². The Morgan fingerprint density at radius 3 is 1.53 bits per heavy atom. The highest BCUT2D eigenvalue weighted by molar-refractivity contribution is 7.86. The van der Waals surface area contributed by atoms with Crippen LogP contribution < -0.4 is 21.2 Å². The molecule has 0 saturated heterocycles. The Bertz CT molecular complexity index is 1360. The van der Waals surface area contributed by atoms with E-state index >= 15 is 0 Å². The quantitative estimate of drug-likeness (QED) is 0.177. The molecule has 4 saturated carbocycles. The number of alkyl halides is 4. The highest BCUT2D eigenvalue weighted by atomic mass is 127. The molecule has 0 spiro atoms. The molecule has 0 amide bonds. The number of hydrogen-bond acceptors (Lipinski definition) is 3. The molecule has 4 bridgehead atoms. The third-order valence-corrected chi connectivity index (χ3v) is 14.1. The third kappa shape index (κ3) is 6.17. The van der Waals surface area contributed by atoms with Crippen molar-refractivity contribution in [2.24, 2.45) is 41.4 Å². The molecule has 4 aliphatic rings. The molecule has 9 heteroatoms. The molecule has 238 valence electrons. The van der Waals surface area contributed by atoms with E-state index in [2.05, 4.69) is 90.1 Å². The molecule has 3 nitrogen and oxygen atoms in total. The van der Waals surface area contributed by atoms with Gasteiger partial charge in [-0.2, -0.15) is 17.6 Å². The maximum atomic E-state index is 14.2. The average Bonchev–Trinajstić information content (AvgIpc) is 3.68. The van der Waals surface area contributed by atoms with E-state index in [0.29, 0.717) is 24.2 Å². The Morgan fingerprint density at radius 2 is 1.12 bits per heavy atom. The van der Waals surface area contributed by atoms with Crippen LogP contribution in [0.3, 0.4) is 0 Å². The fraction of sp³-hybridized carbons (Fsp3) is 0.647. The maximum Gasteiger partial charge on any atom is 0.396 e. The average molecular weight is 735 g/mol. The first-order valence-corrected chi connectivity index (χ1v) is 18.9. The zero-order chi connectivity index (χ0) is 31.8. The molecular weight excluding hydrogens is 691 g/mol. The second-order valence-electron chi connectivity index (χ2n) is 15.2. The van der Waals surface area contributed by atoms with Gasteiger partial charge in [-0.05, 0) is 114 Å². The minimum absolute atomic E-state index is 0.00803. The molecule has 7 unspecified atom stereocenters. The molecule has 43 heavy (non-hydrogen) atoms. The van der Waals surface area contributed by atoms with Crippen LogP contribution in [0.5, 0.6) is 0 Å². The molecular formula is C34H43F4IO3S. The van der Waals surface area contributed by atoms with Gasteiger partial charge in [-0.25, -0.2) is 8.42 Å². The Kier molecular flexibility index (Phi) is 8.68. The van der Waals surface area contributed by atoms with Crippen LogP contribution in [0.4, 0.5) is 17.6 Å². The van der Waals surface area contributed by atoms with Gasteiger partial charge in [0.1, 0.15) is 0 Å². The van der Waals surface area contributed by atoms with Crippen molar-refractivity contribution in [1.82, 2.24) is 0 Å². The Labute approximate surface area is 264 Å². The summed E-state index contributed by atoms with van der Waals surface area (Å²) in [5.41, 5.74) is 3.31. The van der Waals surface area contributed by atoms with E-state index in [4.69, 9.17) is 0 Å². The SMILES string of the molecule is CC(C)(C)c1ccc([I+]c2ccc(C(C)(C)C)cc2)cc1.O=S(=O)([O-])C(F)(F)C(F)(F)C1CC2CC1C1C3CCC(C3)C21. The maximum absolute atomic E-state index is 14.2. The summed E-state index contributed by atoms with van der Waals surface area (Å²) < 4.78 is 90.5. The molecule has 4 aliphatic carbocycles. The molecule has 4 fully saturated rings. The van der Waals surface area contributed by atoms with Crippen molar-refractivity contribution >= 4 is 10.1 Å². The lowest BCUT2D eigenvalue weighted by molar-refractivity contribution is -0.597. The van der Waals surface area contributed by atoms with Gasteiger partial charge in [-0.15, -0.1) is 0 Å². The Balaban J connectivity index is 0.000000172. The molecule has 0 radical (unpaired) electrons. The number of fused-ring (bicyclic) bond motifs is 9. The van der Waals surface area contributed by atoms with E-state index in [-0.39, 0.29) is 50.3 Å². The molecule has 2 aromatic carbocycles. The Morgan fingerprint density at radius 1 is 0.674 bits per heavy atom. The summed E-state index contributed by atoms with van der Waals surface area (Å²) in [4.78, 5) is 0. The van der Waals surface area contributed by atoms with E-state index in [9.17, 15) is 30.5 Å². The van der Waals surface area contributed by atoms with Gasteiger partial charge in [-0.1, -0.05) is 65.8 Å². The first-order valence-electron chi connectivity index (χ1n) is 15.3. The van der Waals surface area contributed by atoms with Crippen LogP contribution in [-0.2, 0) is 20.9 Å². The molecule has 0 heterocycles. The largest absolute Gasteiger partial charge is 0.743 e. The van der Waals surface area contributed by atoms with Crippen molar-refractivity contribution in [1.29, 1.82) is 0 Å². The first kappa shape index (κ1) is 33.2. The van der Waals surface area contributed by atoms with Crippen LogP contribution in [0.25, 0.3) is 0 Å². The number of halogens is 5. The summed E-state index contributed by atoms with van der Waals surface area (Å²) in [5.74, 6) is -5.80. The van der Waals surface area contributed by atoms with Gasteiger partial charge >= 0.3 is 32.4 Å². The van der Waals surface area contributed by atoms with Gasteiger partial charge < -0.3 is 4.55 Å². The standard InChI is InChI=1S/C20H26I.C14H18F4O3S/c1-19(2,3)15-7-11-17(12-8-15)21-18-13-9-16(10-14-18)20(4,5)6;15-13(16,14(17,18)22(19,20)21)10-5-8-4-9(10)12-7-2-1-6(3-7)11(8)12/h7-14H,1-6H3;6-12H,1-5H2,(H,19,20,21)/q+1;/p-1. The highest BCUT2D eigenvalue weighted by Gasteiger charge is 2.73. The Hall–Kier alpha value is -1.20. The van der Waals surface area contributed by atoms with Crippen molar-refractivity contribution in [2.45, 2.75) is 95.7 Å². The minimum Gasteiger partial charge on any atom is -0.743 e. The molecule has 0 aliphatic heterocycles. The predicted molar refractivity (Wildman–Crippen MR) is 155 cm³/mol. The normalized spacial score (nSPS) is 30.3. The summed E-state index contributed by atoms with van der Waals surface area (Å²) in [7, 11) is -6.38. The topological polar surface area (TPSA) is 57.2 Å². The van der Waals surface area contributed by atoms with Gasteiger partial charge in [0.15, 0.2) is 17.3 Å². The van der Waals surface area contributed by atoms with Gasteiger partial charge in [0.25, 0.3) is 0 Å². The van der Waals surface area contributed by atoms with Crippen LogP contribution in [-0.4, -0.2) is 24.1 Å². The van der Waals surface area contributed by atoms with Crippen molar-refractivity contribution in [3.05, 3.63) is 66.8 Å². The minimum atomic E-state index is -6.38. The molecule has 2 aromatic rings. The van der Waals surface area contributed by atoms with E-state index < -0.39 is 33.1 Å². The van der Waals surface area contributed by atoms with Gasteiger partial charge in [-0.3, -0.25) is 0 Å². The fourth-order valence-electron chi connectivity index (χ4n) is 8.52. The second kappa shape index (κ2) is 11.2. The summed E-state index contributed by atoms with van der Waals surface area (Å²) in [6.07, 6.45) is 3.46. The van der Waals surface area contributed by atoms with E-state index in [1.165, 1.54) is 18.3 Å². The molecule has 7 atom stereocenters. The van der Waals surface area contributed by atoms with Crippen molar-refractivity contribution < 1.29 is 51.7 Å². The third-order valence-electron chi connectivity index (χ3n) is 10.5. The van der Waals surface area contributed by atoms with Crippen LogP contribution in [0.2, 0.25) is 0 Å². The second-order valence-corrected chi connectivity index (χ2v) is 19.6. The lowest BCUT2D eigenvalue weighted by Gasteiger charge is -2.43. The van der Waals surface area contributed by atoms with Crippen LogP contribution in [0.15, 0.2) is 48.5 Å². The summed E-state index contributed by atoms with van der Waals surface area (Å²) in [6, 6.07) is 18.4. The predicted octanol–water partition coefficient (Wildman–Crippen LogP) is 5.49. The lowest BCUT2D eigenvalue weighted by atomic mass is 9.66. The van der Waals surface area contributed by atoms with Crippen LogP contribution in [0, 0.1) is 48.6 Å². The van der Waals surface area contributed by atoms with E-state index in [1.807, 2.05) is 0 Å². The first-order chi connectivity index (χ1) is 19.7. The highest BCUT2D eigenvalue weighted by Crippen LogP contribution is 2.71. The summed E-state index contributed by atoms with van der Waals surface area (Å²) in [6.45, 7) is 13.6. The van der Waals surface area contributed by atoms with Crippen molar-refractivity contribution in [3.8, 4) is 0 Å². The number of rotatable bonds is 5. The molecule has 0 aromatic heterocycles.